The van der Waals surface area contributed by atoms with E-state index in [1.807, 2.05) is 0 Å². The standard InChI is InChI=1S/C13H15NO4/c1-2-3-6-18-8-4-5-9-10(7-8)14-13(17)12(16)11(9)15/h4-5,7,16H,2-3,6H2,1H3,(H2,14,15,17). The maximum atomic E-state index is 11.3. The van der Waals surface area contributed by atoms with E-state index in [-0.39, 0.29) is 0 Å². The maximum absolute atomic E-state index is 11.3. The van der Waals surface area contributed by atoms with Gasteiger partial charge in [-0.3, -0.25) is 4.79 Å². The molecule has 18 heavy (non-hydrogen) atoms. The number of hydrogen-bond donors (Lipinski definition) is 3. The lowest BCUT2D eigenvalue weighted by Crippen LogP contribution is -2.05. The number of aromatic hydroxyl groups is 2. The van der Waals surface area contributed by atoms with Crippen molar-refractivity contribution in [2.45, 2.75) is 19.8 Å². The molecule has 2 aromatic rings. The molecule has 0 spiro atoms. The lowest BCUT2D eigenvalue weighted by atomic mass is 10.2. The van der Waals surface area contributed by atoms with Crippen molar-refractivity contribution in [3.8, 4) is 17.2 Å². The third-order valence-electron chi connectivity index (χ3n) is 2.70. The van der Waals surface area contributed by atoms with E-state index < -0.39 is 17.1 Å². The normalized spacial score (nSPS) is 10.7. The number of rotatable bonds is 4. The number of unbranched alkanes of at least 4 members (excludes halogenated alkanes) is 1. The smallest absolute Gasteiger partial charge is 0.294 e. The Bertz CT molecular complexity index is 618. The van der Waals surface area contributed by atoms with Gasteiger partial charge in [0.1, 0.15) is 5.75 Å². The number of benzene rings is 1. The monoisotopic (exact) mass is 249 g/mol. The van der Waals surface area contributed by atoms with Crippen LogP contribution in [0.25, 0.3) is 10.9 Å². The van der Waals surface area contributed by atoms with Crippen molar-refractivity contribution in [1.29, 1.82) is 0 Å². The Morgan fingerprint density at radius 2 is 2.06 bits per heavy atom. The second kappa shape index (κ2) is 5.00. The number of aromatic nitrogens is 1. The Morgan fingerprint density at radius 3 is 2.78 bits per heavy atom. The van der Waals surface area contributed by atoms with Crippen molar-refractivity contribution in [2.24, 2.45) is 0 Å². The average molecular weight is 249 g/mol. The Labute approximate surface area is 104 Å². The summed E-state index contributed by atoms with van der Waals surface area (Å²) in [5.74, 6) is -0.451. The minimum Gasteiger partial charge on any atom is -0.504 e. The summed E-state index contributed by atoms with van der Waals surface area (Å²) in [5, 5.41) is 19.3. The molecule has 96 valence electrons. The van der Waals surface area contributed by atoms with Gasteiger partial charge >= 0.3 is 0 Å². The minimum absolute atomic E-state index is 0.384. The fourth-order valence-electron chi connectivity index (χ4n) is 1.67. The molecule has 1 aromatic heterocycles. The topological polar surface area (TPSA) is 82.5 Å². The van der Waals surface area contributed by atoms with Gasteiger partial charge in [0.15, 0.2) is 5.75 Å². The third kappa shape index (κ3) is 2.25. The molecule has 0 bridgehead atoms. The molecule has 5 nitrogen and oxygen atoms in total. The lowest BCUT2D eigenvalue weighted by Gasteiger charge is -2.07. The average Bonchev–Trinajstić information content (AvgIpc) is 2.36. The molecule has 5 heteroatoms. The summed E-state index contributed by atoms with van der Waals surface area (Å²) in [5.41, 5.74) is -0.282. The highest BCUT2D eigenvalue weighted by molar-refractivity contribution is 5.87. The molecule has 0 amide bonds. The first-order valence-corrected chi connectivity index (χ1v) is 5.84. The van der Waals surface area contributed by atoms with Crippen LogP contribution in [0, 0.1) is 0 Å². The molecule has 0 aliphatic heterocycles. The molecule has 0 saturated heterocycles. The van der Waals surface area contributed by atoms with Crippen LogP contribution in [0.4, 0.5) is 0 Å². The van der Waals surface area contributed by atoms with Crippen molar-refractivity contribution >= 4 is 10.9 Å². The predicted octanol–water partition coefficient (Wildman–Crippen LogP) is 2.12. The zero-order valence-corrected chi connectivity index (χ0v) is 10.1. The highest BCUT2D eigenvalue weighted by Gasteiger charge is 2.10. The molecule has 2 rings (SSSR count). The van der Waals surface area contributed by atoms with Crippen molar-refractivity contribution in [3.63, 3.8) is 0 Å². The lowest BCUT2D eigenvalue weighted by molar-refractivity contribution is 0.309. The van der Waals surface area contributed by atoms with E-state index in [4.69, 9.17) is 4.74 Å². The van der Waals surface area contributed by atoms with E-state index in [0.717, 1.165) is 12.8 Å². The molecule has 1 aromatic carbocycles. The van der Waals surface area contributed by atoms with E-state index in [0.29, 0.717) is 23.3 Å². The Morgan fingerprint density at radius 1 is 1.28 bits per heavy atom. The van der Waals surface area contributed by atoms with Gasteiger partial charge in [-0.15, -0.1) is 0 Å². The molecule has 0 saturated carbocycles. The van der Waals surface area contributed by atoms with Crippen LogP contribution in [0.1, 0.15) is 19.8 Å². The number of hydrogen-bond acceptors (Lipinski definition) is 4. The SMILES string of the molecule is CCCCOc1ccc2c(O)c(O)c(=O)[nH]c2c1. The molecule has 0 atom stereocenters. The Kier molecular flexibility index (Phi) is 3.41. The molecule has 3 N–H and O–H groups in total. The highest BCUT2D eigenvalue weighted by Crippen LogP contribution is 2.30. The number of aromatic amines is 1. The van der Waals surface area contributed by atoms with Gasteiger partial charge in [0.05, 0.1) is 12.1 Å². The van der Waals surface area contributed by atoms with Crippen molar-refractivity contribution in [3.05, 3.63) is 28.6 Å². The summed E-state index contributed by atoms with van der Waals surface area (Å²) in [4.78, 5) is 13.8. The van der Waals surface area contributed by atoms with Gasteiger partial charge in [-0.1, -0.05) is 13.3 Å². The number of nitrogens with one attached hydrogen (secondary N) is 1. The summed E-state index contributed by atoms with van der Waals surface area (Å²) in [6.45, 7) is 2.68. The summed E-state index contributed by atoms with van der Waals surface area (Å²) < 4.78 is 5.50. The Hall–Kier alpha value is -2.17. The first-order valence-electron chi connectivity index (χ1n) is 5.84. The molecule has 0 aliphatic rings. The summed E-state index contributed by atoms with van der Waals surface area (Å²) in [6.07, 6.45) is 1.99. The summed E-state index contributed by atoms with van der Waals surface area (Å²) in [6, 6.07) is 4.92. The van der Waals surface area contributed by atoms with Crippen LogP contribution in [-0.2, 0) is 0 Å². The fourth-order valence-corrected chi connectivity index (χ4v) is 1.67. The van der Waals surface area contributed by atoms with Crippen LogP contribution in [-0.4, -0.2) is 21.8 Å². The second-order valence-electron chi connectivity index (χ2n) is 4.06. The van der Waals surface area contributed by atoms with Gasteiger partial charge in [-0.05, 0) is 18.6 Å². The first-order chi connectivity index (χ1) is 8.63. The zero-order chi connectivity index (χ0) is 13.1. The van der Waals surface area contributed by atoms with Gasteiger partial charge in [-0.25, -0.2) is 0 Å². The van der Waals surface area contributed by atoms with E-state index in [9.17, 15) is 15.0 Å². The van der Waals surface area contributed by atoms with Crippen LogP contribution < -0.4 is 10.3 Å². The van der Waals surface area contributed by atoms with Gasteiger partial charge < -0.3 is 19.9 Å². The molecular formula is C13H15NO4. The number of H-pyrrole nitrogens is 1. The first kappa shape index (κ1) is 12.3. The summed E-state index contributed by atoms with van der Waals surface area (Å²) >= 11 is 0. The van der Waals surface area contributed by atoms with Crippen LogP contribution in [0.2, 0.25) is 0 Å². The largest absolute Gasteiger partial charge is 0.504 e. The van der Waals surface area contributed by atoms with Gasteiger partial charge in [0.2, 0.25) is 5.75 Å². The van der Waals surface area contributed by atoms with Crippen LogP contribution >= 0.6 is 0 Å². The van der Waals surface area contributed by atoms with Crippen molar-refractivity contribution in [1.82, 2.24) is 4.98 Å². The zero-order valence-electron chi connectivity index (χ0n) is 10.1. The third-order valence-corrected chi connectivity index (χ3v) is 2.70. The molecule has 0 fully saturated rings. The van der Waals surface area contributed by atoms with E-state index in [2.05, 4.69) is 11.9 Å². The number of pyridine rings is 1. The number of fused-ring (bicyclic) bond motifs is 1. The molecule has 1 heterocycles. The number of ether oxygens (including phenoxy) is 1. The minimum atomic E-state index is -0.717. The molecule has 0 radical (unpaired) electrons. The van der Waals surface area contributed by atoms with Gasteiger partial charge in [0, 0.05) is 11.5 Å². The van der Waals surface area contributed by atoms with Gasteiger partial charge in [0.25, 0.3) is 5.56 Å². The van der Waals surface area contributed by atoms with Crippen molar-refractivity contribution in [2.75, 3.05) is 6.61 Å². The molecule has 0 aliphatic carbocycles. The Balaban J connectivity index is 2.40. The van der Waals surface area contributed by atoms with Crippen LogP contribution in [0.15, 0.2) is 23.0 Å². The van der Waals surface area contributed by atoms with Crippen molar-refractivity contribution < 1.29 is 14.9 Å². The van der Waals surface area contributed by atoms with Crippen LogP contribution in [0.3, 0.4) is 0 Å². The quantitative estimate of drug-likeness (QED) is 0.725. The molecular weight excluding hydrogens is 234 g/mol. The van der Waals surface area contributed by atoms with Crippen LogP contribution in [0.5, 0.6) is 17.2 Å². The van der Waals surface area contributed by atoms with Gasteiger partial charge in [-0.2, -0.15) is 0 Å². The van der Waals surface area contributed by atoms with E-state index >= 15 is 0 Å². The predicted molar refractivity (Wildman–Crippen MR) is 68.3 cm³/mol. The maximum Gasteiger partial charge on any atom is 0.294 e. The van der Waals surface area contributed by atoms with E-state index in [1.54, 1.807) is 18.2 Å². The second-order valence-corrected chi connectivity index (χ2v) is 4.06. The summed E-state index contributed by atoms with van der Waals surface area (Å²) in [7, 11) is 0. The fraction of sp³-hybridized carbons (Fsp3) is 0.308. The molecule has 0 unspecified atom stereocenters. The highest BCUT2D eigenvalue weighted by atomic mass is 16.5. The van der Waals surface area contributed by atoms with E-state index in [1.165, 1.54) is 0 Å².